The van der Waals surface area contributed by atoms with Crippen molar-refractivity contribution in [2.24, 2.45) is 5.92 Å². The van der Waals surface area contributed by atoms with Gasteiger partial charge in [-0.25, -0.2) is 0 Å². The average Bonchev–Trinajstić information content (AvgIpc) is 3.43. The van der Waals surface area contributed by atoms with E-state index in [2.05, 4.69) is 10.6 Å². The Kier molecular flexibility index (Phi) is 4.88. The number of hydrogen-bond donors (Lipinski definition) is 2. The minimum atomic E-state index is -0.111. The van der Waals surface area contributed by atoms with Crippen LogP contribution >= 0.6 is 0 Å². The summed E-state index contributed by atoms with van der Waals surface area (Å²) in [6.45, 7) is 5.93. The molecule has 1 fully saturated rings. The van der Waals surface area contributed by atoms with E-state index in [1.807, 2.05) is 63.2 Å². The van der Waals surface area contributed by atoms with Gasteiger partial charge < -0.3 is 10.6 Å². The number of nitrogens with one attached hydrogen (secondary N) is 2. The molecule has 1 aliphatic carbocycles. The molecule has 0 saturated heterocycles. The summed E-state index contributed by atoms with van der Waals surface area (Å²) in [5, 5.41) is 5.97. The topological polar surface area (TPSA) is 58.2 Å². The second-order valence-electron chi connectivity index (χ2n) is 6.83. The van der Waals surface area contributed by atoms with E-state index in [4.69, 9.17) is 0 Å². The van der Waals surface area contributed by atoms with E-state index >= 15 is 0 Å². The highest BCUT2D eigenvalue weighted by molar-refractivity contribution is 5.96. The van der Waals surface area contributed by atoms with Gasteiger partial charge in [-0.15, -0.1) is 0 Å². The van der Waals surface area contributed by atoms with Crippen LogP contribution in [0.5, 0.6) is 0 Å². The van der Waals surface area contributed by atoms with Crippen LogP contribution in [0.3, 0.4) is 0 Å². The van der Waals surface area contributed by atoms with Crippen LogP contribution in [0, 0.1) is 19.8 Å². The van der Waals surface area contributed by atoms with Crippen LogP contribution in [-0.2, 0) is 4.79 Å². The van der Waals surface area contributed by atoms with Crippen molar-refractivity contribution in [2.45, 2.75) is 39.7 Å². The zero-order valence-corrected chi connectivity index (χ0v) is 14.9. The number of anilines is 1. The Hall–Kier alpha value is -2.62. The van der Waals surface area contributed by atoms with Gasteiger partial charge in [-0.05, 0) is 68.5 Å². The molecule has 4 heteroatoms. The van der Waals surface area contributed by atoms with Crippen molar-refractivity contribution in [1.82, 2.24) is 5.32 Å². The molecule has 2 amide bonds. The van der Waals surface area contributed by atoms with Gasteiger partial charge in [-0.3, -0.25) is 9.59 Å². The second-order valence-corrected chi connectivity index (χ2v) is 6.83. The number of carbonyl (C=O) groups is 2. The summed E-state index contributed by atoms with van der Waals surface area (Å²) in [4.78, 5) is 24.3. The molecule has 2 aromatic rings. The maximum absolute atomic E-state index is 12.5. The highest BCUT2D eigenvalue weighted by Crippen LogP contribution is 2.30. The van der Waals surface area contributed by atoms with Crippen molar-refractivity contribution in [1.29, 1.82) is 0 Å². The third-order valence-corrected chi connectivity index (χ3v) is 4.82. The number of aryl methyl sites for hydroxylation is 1. The van der Waals surface area contributed by atoms with Crippen LogP contribution in [0.4, 0.5) is 5.69 Å². The minimum Gasteiger partial charge on any atom is -0.346 e. The predicted octanol–water partition coefficient (Wildman–Crippen LogP) is 4.14. The van der Waals surface area contributed by atoms with Gasteiger partial charge >= 0.3 is 0 Å². The Morgan fingerprint density at radius 3 is 2.36 bits per heavy atom. The summed E-state index contributed by atoms with van der Waals surface area (Å²) in [5.74, 6) is 0.222. The maximum Gasteiger partial charge on any atom is 0.252 e. The Labute approximate surface area is 148 Å². The van der Waals surface area contributed by atoms with E-state index in [9.17, 15) is 9.59 Å². The van der Waals surface area contributed by atoms with Crippen molar-refractivity contribution in [3.05, 3.63) is 64.7 Å². The molecule has 2 aromatic carbocycles. The standard InChI is InChI=1S/C21H24N2O2/c1-13-5-4-6-19(14(13)2)21(25)22-15(3)16-9-11-18(12-10-16)23-20(24)17-7-8-17/h4-6,9-12,15,17H,7-8H2,1-3H3,(H,22,25)(H,23,24). The van der Waals surface area contributed by atoms with Crippen molar-refractivity contribution in [3.63, 3.8) is 0 Å². The predicted molar refractivity (Wildman–Crippen MR) is 99.6 cm³/mol. The monoisotopic (exact) mass is 336 g/mol. The largest absolute Gasteiger partial charge is 0.346 e. The molecule has 1 atom stereocenters. The Bertz CT molecular complexity index is 792. The minimum absolute atomic E-state index is 0.0696. The number of benzene rings is 2. The van der Waals surface area contributed by atoms with Gasteiger partial charge in [0, 0.05) is 17.2 Å². The molecule has 2 N–H and O–H groups in total. The third-order valence-electron chi connectivity index (χ3n) is 4.82. The Morgan fingerprint density at radius 2 is 1.72 bits per heavy atom. The fourth-order valence-corrected chi connectivity index (χ4v) is 2.80. The number of carbonyl (C=O) groups excluding carboxylic acids is 2. The molecule has 0 spiro atoms. The highest BCUT2D eigenvalue weighted by atomic mass is 16.2. The summed E-state index contributed by atoms with van der Waals surface area (Å²) < 4.78 is 0. The van der Waals surface area contributed by atoms with Gasteiger partial charge in [0.25, 0.3) is 5.91 Å². The lowest BCUT2D eigenvalue weighted by molar-refractivity contribution is -0.117. The van der Waals surface area contributed by atoms with Crippen molar-refractivity contribution < 1.29 is 9.59 Å². The summed E-state index contributed by atoms with van der Waals surface area (Å²) in [7, 11) is 0. The number of amides is 2. The summed E-state index contributed by atoms with van der Waals surface area (Å²) >= 11 is 0. The molecule has 4 nitrogen and oxygen atoms in total. The first kappa shape index (κ1) is 17.2. The van der Waals surface area contributed by atoms with E-state index in [0.717, 1.165) is 35.2 Å². The third kappa shape index (κ3) is 4.08. The zero-order valence-electron chi connectivity index (χ0n) is 14.9. The normalized spacial score (nSPS) is 14.7. The lowest BCUT2D eigenvalue weighted by atomic mass is 10.0. The Balaban J connectivity index is 1.64. The molecular weight excluding hydrogens is 312 g/mol. The quantitative estimate of drug-likeness (QED) is 0.862. The number of hydrogen-bond acceptors (Lipinski definition) is 2. The van der Waals surface area contributed by atoms with Crippen LogP contribution in [0.25, 0.3) is 0 Å². The summed E-state index contributed by atoms with van der Waals surface area (Å²) in [6, 6.07) is 13.3. The first-order valence-electron chi connectivity index (χ1n) is 8.73. The highest BCUT2D eigenvalue weighted by Gasteiger charge is 2.29. The van der Waals surface area contributed by atoms with E-state index < -0.39 is 0 Å². The molecule has 3 rings (SSSR count). The first-order valence-corrected chi connectivity index (χ1v) is 8.73. The lowest BCUT2D eigenvalue weighted by Gasteiger charge is -2.16. The average molecular weight is 336 g/mol. The lowest BCUT2D eigenvalue weighted by Crippen LogP contribution is -2.27. The van der Waals surface area contributed by atoms with Crippen molar-refractivity contribution >= 4 is 17.5 Å². The van der Waals surface area contributed by atoms with Gasteiger partial charge in [0.15, 0.2) is 0 Å². The van der Waals surface area contributed by atoms with Crippen LogP contribution in [0.1, 0.15) is 52.9 Å². The van der Waals surface area contributed by atoms with Gasteiger partial charge in [-0.1, -0.05) is 24.3 Å². The zero-order chi connectivity index (χ0) is 18.0. The van der Waals surface area contributed by atoms with Crippen LogP contribution in [0.2, 0.25) is 0 Å². The fraction of sp³-hybridized carbons (Fsp3) is 0.333. The first-order chi connectivity index (χ1) is 12.0. The molecule has 25 heavy (non-hydrogen) atoms. The van der Waals surface area contributed by atoms with E-state index in [1.54, 1.807) is 0 Å². The smallest absolute Gasteiger partial charge is 0.252 e. The molecule has 0 aromatic heterocycles. The van der Waals surface area contributed by atoms with Gasteiger partial charge in [-0.2, -0.15) is 0 Å². The summed E-state index contributed by atoms with van der Waals surface area (Å²) in [5.41, 5.74) is 4.62. The van der Waals surface area contributed by atoms with Crippen LogP contribution in [-0.4, -0.2) is 11.8 Å². The SMILES string of the molecule is Cc1cccc(C(=O)NC(C)c2ccc(NC(=O)C3CC3)cc2)c1C. The Morgan fingerprint density at radius 1 is 1.04 bits per heavy atom. The molecule has 0 heterocycles. The van der Waals surface area contributed by atoms with Crippen molar-refractivity contribution in [3.8, 4) is 0 Å². The van der Waals surface area contributed by atoms with Crippen LogP contribution < -0.4 is 10.6 Å². The van der Waals surface area contributed by atoms with E-state index in [1.165, 1.54) is 0 Å². The fourth-order valence-electron chi connectivity index (χ4n) is 2.80. The molecule has 0 aliphatic heterocycles. The molecule has 130 valence electrons. The molecule has 1 aliphatic rings. The van der Waals surface area contributed by atoms with Gasteiger partial charge in [0.05, 0.1) is 6.04 Å². The molecule has 0 bridgehead atoms. The van der Waals surface area contributed by atoms with Gasteiger partial charge in [0.1, 0.15) is 0 Å². The van der Waals surface area contributed by atoms with E-state index in [0.29, 0.717) is 5.56 Å². The molecule has 1 saturated carbocycles. The molecule has 1 unspecified atom stereocenters. The van der Waals surface area contributed by atoms with Crippen LogP contribution in [0.15, 0.2) is 42.5 Å². The second kappa shape index (κ2) is 7.09. The van der Waals surface area contributed by atoms with Gasteiger partial charge in [0.2, 0.25) is 5.91 Å². The number of rotatable bonds is 5. The molecular formula is C21H24N2O2. The molecule has 0 radical (unpaired) electrons. The van der Waals surface area contributed by atoms with Crippen molar-refractivity contribution in [2.75, 3.05) is 5.32 Å². The van der Waals surface area contributed by atoms with E-state index in [-0.39, 0.29) is 23.8 Å². The summed E-state index contributed by atoms with van der Waals surface area (Å²) in [6.07, 6.45) is 1.98. The maximum atomic E-state index is 12.5.